The molecule has 1 aromatic carbocycles. The zero-order valence-electron chi connectivity index (χ0n) is 12.7. The van der Waals surface area contributed by atoms with Gasteiger partial charge in [-0.15, -0.1) is 0 Å². The Morgan fingerprint density at radius 3 is 3.00 bits per heavy atom. The maximum atomic E-state index is 12.4. The van der Waals surface area contributed by atoms with Crippen LogP contribution in [-0.2, 0) is 4.79 Å². The lowest BCUT2D eigenvalue weighted by molar-refractivity contribution is -0.121. The highest BCUT2D eigenvalue weighted by Gasteiger charge is 2.26. The van der Waals surface area contributed by atoms with Gasteiger partial charge in [0.2, 0.25) is 5.91 Å². The highest BCUT2D eigenvalue weighted by atomic mass is 35.5. The molecule has 5 heteroatoms. The molecule has 2 rings (SSSR count). The maximum absolute atomic E-state index is 12.4. The summed E-state index contributed by atoms with van der Waals surface area (Å²) < 4.78 is 0. The molecule has 1 fully saturated rings. The van der Waals surface area contributed by atoms with Crippen molar-refractivity contribution in [3.63, 3.8) is 0 Å². The van der Waals surface area contributed by atoms with Gasteiger partial charge in [-0.2, -0.15) is 0 Å². The number of nitrogens with one attached hydrogen (secondary N) is 1. The third-order valence-electron chi connectivity index (χ3n) is 4.33. The fourth-order valence-corrected chi connectivity index (χ4v) is 3.01. The van der Waals surface area contributed by atoms with Gasteiger partial charge < -0.3 is 11.1 Å². The third kappa shape index (κ3) is 4.11. The third-order valence-corrected chi connectivity index (χ3v) is 4.56. The van der Waals surface area contributed by atoms with Crippen molar-refractivity contribution in [2.75, 3.05) is 24.1 Å². The average Bonchev–Trinajstić information content (AvgIpc) is 2.49. The summed E-state index contributed by atoms with van der Waals surface area (Å²) in [6.45, 7) is 6.16. The molecule has 1 aliphatic rings. The van der Waals surface area contributed by atoms with Crippen LogP contribution < -0.4 is 11.1 Å². The Kier molecular flexibility index (Phi) is 5.48. The molecule has 1 saturated heterocycles. The van der Waals surface area contributed by atoms with Gasteiger partial charge in [0, 0.05) is 11.6 Å². The van der Waals surface area contributed by atoms with Crippen LogP contribution in [0.3, 0.4) is 0 Å². The molecule has 1 amide bonds. The Balaban J connectivity index is 1.99. The van der Waals surface area contributed by atoms with Gasteiger partial charge in [-0.25, -0.2) is 0 Å². The zero-order valence-corrected chi connectivity index (χ0v) is 13.5. The summed E-state index contributed by atoms with van der Waals surface area (Å²) in [6.07, 6.45) is 3.61. The van der Waals surface area contributed by atoms with Crippen molar-refractivity contribution < 1.29 is 4.79 Å². The first kappa shape index (κ1) is 16.1. The summed E-state index contributed by atoms with van der Waals surface area (Å²) in [6, 6.07) is 4.98. The minimum Gasteiger partial charge on any atom is -0.397 e. The number of rotatable bonds is 4. The first-order valence-corrected chi connectivity index (χ1v) is 7.99. The van der Waals surface area contributed by atoms with Crippen LogP contribution in [0, 0.1) is 5.92 Å². The minimum atomic E-state index is -0.144. The summed E-state index contributed by atoms with van der Waals surface area (Å²) >= 11 is 5.87. The average molecular weight is 310 g/mol. The van der Waals surface area contributed by atoms with Crippen molar-refractivity contribution in [2.24, 2.45) is 5.92 Å². The van der Waals surface area contributed by atoms with Crippen molar-refractivity contribution in [2.45, 2.75) is 39.2 Å². The molecule has 0 spiro atoms. The van der Waals surface area contributed by atoms with E-state index in [0.29, 0.717) is 22.3 Å². The minimum absolute atomic E-state index is 0.0132. The quantitative estimate of drug-likeness (QED) is 0.838. The van der Waals surface area contributed by atoms with Gasteiger partial charge in [-0.1, -0.05) is 24.9 Å². The van der Waals surface area contributed by atoms with Crippen LogP contribution in [-0.4, -0.2) is 29.9 Å². The summed E-state index contributed by atoms with van der Waals surface area (Å²) in [5.74, 6) is 0.690. The highest BCUT2D eigenvalue weighted by molar-refractivity contribution is 6.31. The molecule has 4 nitrogen and oxygen atoms in total. The predicted molar refractivity (Wildman–Crippen MR) is 88.5 cm³/mol. The molecular formula is C16H24ClN3O. The Labute approximate surface area is 131 Å². The standard InChI is InChI=1S/C16H24ClN3O/c1-3-12-5-4-8-20(10-12)11(2)16(21)19-15-7-6-13(17)9-14(15)18/h6-7,9,11-12H,3-5,8,10,18H2,1-2H3,(H,19,21). The lowest BCUT2D eigenvalue weighted by Gasteiger charge is -2.35. The van der Waals surface area contributed by atoms with Crippen LogP contribution in [0.25, 0.3) is 0 Å². The van der Waals surface area contributed by atoms with Crippen LogP contribution in [0.15, 0.2) is 18.2 Å². The maximum Gasteiger partial charge on any atom is 0.241 e. The van der Waals surface area contributed by atoms with Gasteiger partial charge >= 0.3 is 0 Å². The molecular weight excluding hydrogens is 286 g/mol. The van der Waals surface area contributed by atoms with Gasteiger partial charge in [0.05, 0.1) is 17.4 Å². The van der Waals surface area contributed by atoms with Gasteiger partial charge in [0.25, 0.3) is 0 Å². The molecule has 21 heavy (non-hydrogen) atoms. The molecule has 2 atom stereocenters. The fourth-order valence-electron chi connectivity index (χ4n) is 2.83. The monoisotopic (exact) mass is 309 g/mol. The lowest BCUT2D eigenvalue weighted by Crippen LogP contribution is -2.47. The zero-order chi connectivity index (χ0) is 15.4. The molecule has 1 heterocycles. The van der Waals surface area contributed by atoms with Gasteiger partial charge in [-0.05, 0) is 50.4 Å². The van der Waals surface area contributed by atoms with Crippen molar-refractivity contribution in [3.05, 3.63) is 23.2 Å². The summed E-state index contributed by atoms with van der Waals surface area (Å²) in [7, 11) is 0. The molecule has 0 bridgehead atoms. The number of piperidine rings is 1. The molecule has 0 aromatic heterocycles. The number of hydrogen-bond acceptors (Lipinski definition) is 3. The molecule has 2 unspecified atom stereocenters. The number of nitrogens with zero attached hydrogens (tertiary/aromatic N) is 1. The summed E-state index contributed by atoms with van der Waals surface area (Å²) in [5, 5.41) is 3.47. The summed E-state index contributed by atoms with van der Waals surface area (Å²) in [5.41, 5.74) is 7.00. The topological polar surface area (TPSA) is 58.4 Å². The Morgan fingerprint density at radius 2 is 2.33 bits per heavy atom. The number of carbonyl (C=O) groups excluding carboxylic acids is 1. The van der Waals surface area contributed by atoms with Crippen molar-refractivity contribution in [1.29, 1.82) is 0 Å². The van der Waals surface area contributed by atoms with E-state index in [1.165, 1.54) is 19.3 Å². The van der Waals surface area contributed by atoms with Crippen LogP contribution in [0.2, 0.25) is 5.02 Å². The SMILES string of the molecule is CCC1CCCN(C(C)C(=O)Nc2ccc(Cl)cc2N)C1. The molecule has 0 radical (unpaired) electrons. The van der Waals surface area contributed by atoms with E-state index in [4.69, 9.17) is 17.3 Å². The molecule has 0 aliphatic carbocycles. The first-order valence-electron chi connectivity index (χ1n) is 7.61. The molecule has 1 aliphatic heterocycles. The number of amides is 1. The van der Waals surface area contributed by atoms with Crippen molar-refractivity contribution >= 4 is 28.9 Å². The second kappa shape index (κ2) is 7.14. The first-order chi connectivity index (χ1) is 10.0. The fraction of sp³-hybridized carbons (Fsp3) is 0.562. The number of nitrogens with two attached hydrogens (primary N) is 1. The van der Waals surface area contributed by atoms with E-state index < -0.39 is 0 Å². The largest absolute Gasteiger partial charge is 0.397 e. The Morgan fingerprint density at radius 1 is 1.57 bits per heavy atom. The number of benzene rings is 1. The van der Waals surface area contributed by atoms with E-state index >= 15 is 0 Å². The second-order valence-corrected chi connectivity index (χ2v) is 6.24. The van der Waals surface area contributed by atoms with E-state index in [1.807, 2.05) is 6.92 Å². The second-order valence-electron chi connectivity index (χ2n) is 5.81. The molecule has 116 valence electrons. The normalized spacial score (nSPS) is 21.0. The Bertz CT molecular complexity index is 506. The number of anilines is 2. The molecule has 1 aromatic rings. The number of carbonyl (C=O) groups is 1. The Hall–Kier alpha value is -1.26. The number of hydrogen-bond donors (Lipinski definition) is 2. The number of likely N-dealkylation sites (tertiary alicyclic amines) is 1. The van der Waals surface area contributed by atoms with E-state index in [1.54, 1.807) is 18.2 Å². The highest BCUT2D eigenvalue weighted by Crippen LogP contribution is 2.24. The molecule has 0 saturated carbocycles. The van der Waals surface area contributed by atoms with Crippen LogP contribution in [0.5, 0.6) is 0 Å². The van der Waals surface area contributed by atoms with E-state index in [9.17, 15) is 4.79 Å². The van der Waals surface area contributed by atoms with Crippen molar-refractivity contribution in [1.82, 2.24) is 4.90 Å². The smallest absolute Gasteiger partial charge is 0.241 e. The van der Waals surface area contributed by atoms with Crippen LogP contribution in [0.4, 0.5) is 11.4 Å². The van der Waals surface area contributed by atoms with Gasteiger partial charge in [0.15, 0.2) is 0 Å². The van der Waals surface area contributed by atoms with E-state index in [-0.39, 0.29) is 11.9 Å². The molecule has 3 N–H and O–H groups in total. The van der Waals surface area contributed by atoms with Gasteiger partial charge in [-0.3, -0.25) is 9.69 Å². The van der Waals surface area contributed by atoms with E-state index in [0.717, 1.165) is 13.1 Å². The van der Waals surface area contributed by atoms with E-state index in [2.05, 4.69) is 17.1 Å². The van der Waals surface area contributed by atoms with Crippen molar-refractivity contribution in [3.8, 4) is 0 Å². The van der Waals surface area contributed by atoms with Crippen LogP contribution in [0.1, 0.15) is 33.1 Å². The van der Waals surface area contributed by atoms with Gasteiger partial charge in [0.1, 0.15) is 0 Å². The van der Waals surface area contributed by atoms with Crippen LogP contribution >= 0.6 is 11.6 Å². The lowest BCUT2D eigenvalue weighted by atomic mass is 9.94. The predicted octanol–water partition coefficient (Wildman–Crippen LogP) is 3.37. The number of nitrogen functional groups attached to an aromatic ring is 1. The number of halogens is 1. The summed E-state index contributed by atoms with van der Waals surface area (Å²) in [4.78, 5) is 14.7.